The SMILES string of the molecule is CN1CC(CCC(F)(F)C(F)(F)F)=CC=C1c1ccc(S(=O)(=O)C2(C(=O)NO)CCOCC2)cc1. The molecule has 2 heterocycles. The van der Waals surface area contributed by atoms with Gasteiger partial charge in [0.15, 0.2) is 14.6 Å². The number of hydrogen-bond donors (Lipinski definition) is 2. The van der Waals surface area contributed by atoms with Crippen molar-refractivity contribution in [3.8, 4) is 0 Å². The van der Waals surface area contributed by atoms with Crippen molar-refractivity contribution in [3.05, 3.63) is 47.6 Å². The van der Waals surface area contributed by atoms with E-state index in [1.807, 2.05) is 0 Å². The number of nitrogens with one attached hydrogen (secondary N) is 1. The highest BCUT2D eigenvalue weighted by Crippen LogP contribution is 2.40. The van der Waals surface area contributed by atoms with Crippen molar-refractivity contribution in [2.24, 2.45) is 0 Å². The van der Waals surface area contributed by atoms with Crippen LogP contribution in [0.15, 0.2) is 46.9 Å². The second-order valence-electron chi connectivity index (χ2n) is 8.51. The summed E-state index contributed by atoms with van der Waals surface area (Å²) in [4.78, 5) is 13.9. The second-order valence-corrected chi connectivity index (χ2v) is 10.8. The molecule has 35 heavy (non-hydrogen) atoms. The van der Waals surface area contributed by atoms with Gasteiger partial charge in [0.1, 0.15) is 0 Å². The van der Waals surface area contributed by atoms with Gasteiger partial charge in [-0.15, -0.1) is 0 Å². The summed E-state index contributed by atoms with van der Waals surface area (Å²) in [6.07, 6.45) is -4.59. The number of halogens is 5. The van der Waals surface area contributed by atoms with E-state index in [1.54, 1.807) is 18.0 Å². The van der Waals surface area contributed by atoms with Gasteiger partial charge >= 0.3 is 12.1 Å². The number of hydroxylamine groups is 1. The third kappa shape index (κ3) is 5.21. The van der Waals surface area contributed by atoms with Gasteiger partial charge in [-0.3, -0.25) is 10.0 Å². The van der Waals surface area contributed by atoms with Crippen LogP contribution in [0.3, 0.4) is 0 Å². The first-order chi connectivity index (χ1) is 16.2. The molecule has 0 spiro atoms. The van der Waals surface area contributed by atoms with Gasteiger partial charge in [0.05, 0.1) is 4.90 Å². The van der Waals surface area contributed by atoms with Crippen LogP contribution in [0.4, 0.5) is 22.0 Å². The van der Waals surface area contributed by atoms with E-state index in [1.165, 1.54) is 35.8 Å². The zero-order valence-electron chi connectivity index (χ0n) is 18.7. The van der Waals surface area contributed by atoms with E-state index in [0.29, 0.717) is 16.8 Å². The molecule has 2 aliphatic heterocycles. The van der Waals surface area contributed by atoms with Gasteiger partial charge in [-0.25, -0.2) is 13.9 Å². The highest BCUT2D eigenvalue weighted by atomic mass is 32.2. The lowest BCUT2D eigenvalue weighted by Gasteiger charge is -2.34. The van der Waals surface area contributed by atoms with Crippen LogP contribution in [0.2, 0.25) is 0 Å². The molecule has 0 atom stereocenters. The van der Waals surface area contributed by atoms with Crippen LogP contribution in [0, 0.1) is 0 Å². The van der Waals surface area contributed by atoms with Gasteiger partial charge in [0, 0.05) is 38.9 Å². The molecule has 7 nitrogen and oxygen atoms in total. The van der Waals surface area contributed by atoms with Crippen LogP contribution in [0.1, 0.15) is 31.2 Å². The summed E-state index contributed by atoms with van der Waals surface area (Å²) in [5, 5.41) is 9.13. The van der Waals surface area contributed by atoms with Gasteiger partial charge in [0.2, 0.25) is 0 Å². The molecular formula is C22H25F5N2O5S. The lowest BCUT2D eigenvalue weighted by atomic mass is 9.98. The van der Waals surface area contributed by atoms with Crippen molar-refractivity contribution in [1.29, 1.82) is 0 Å². The van der Waals surface area contributed by atoms with Crippen LogP contribution in [-0.4, -0.2) is 68.1 Å². The minimum atomic E-state index is -5.60. The summed E-state index contributed by atoms with van der Waals surface area (Å²) in [5.41, 5.74) is 3.03. The van der Waals surface area contributed by atoms with Crippen LogP contribution in [0.25, 0.3) is 5.70 Å². The van der Waals surface area contributed by atoms with E-state index in [-0.39, 0.29) is 37.5 Å². The third-order valence-electron chi connectivity index (χ3n) is 6.29. The summed E-state index contributed by atoms with van der Waals surface area (Å²) in [7, 11) is -2.57. The maximum Gasteiger partial charge on any atom is 0.453 e. The molecule has 194 valence electrons. The zero-order chi connectivity index (χ0) is 26.1. The summed E-state index contributed by atoms with van der Waals surface area (Å²) < 4.78 is 93.6. The number of rotatable bonds is 7. The largest absolute Gasteiger partial charge is 0.453 e. The number of amides is 1. The van der Waals surface area contributed by atoms with E-state index in [4.69, 9.17) is 9.94 Å². The molecule has 0 aromatic heterocycles. The van der Waals surface area contributed by atoms with Gasteiger partial charge in [-0.1, -0.05) is 23.8 Å². The summed E-state index contributed by atoms with van der Waals surface area (Å²) >= 11 is 0. The predicted octanol–water partition coefficient (Wildman–Crippen LogP) is 3.71. The van der Waals surface area contributed by atoms with Crippen molar-refractivity contribution in [2.45, 2.75) is 47.4 Å². The molecular weight excluding hydrogens is 499 g/mol. The highest BCUT2D eigenvalue weighted by Gasteiger charge is 2.56. The Kier molecular flexibility index (Phi) is 7.63. The van der Waals surface area contributed by atoms with Crippen LogP contribution in [-0.2, 0) is 19.4 Å². The Morgan fingerprint density at radius 2 is 1.71 bits per heavy atom. The molecule has 2 aliphatic rings. The zero-order valence-corrected chi connectivity index (χ0v) is 19.6. The summed E-state index contributed by atoms with van der Waals surface area (Å²) in [5.74, 6) is -5.81. The smallest absolute Gasteiger partial charge is 0.381 e. The van der Waals surface area contributed by atoms with E-state index in [0.717, 1.165) is 0 Å². The molecule has 13 heteroatoms. The maximum absolute atomic E-state index is 13.3. The lowest BCUT2D eigenvalue weighted by molar-refractivity contribution is -0.284. The first-order valence-electron chi connectivity index (χ1n) is 10.7. The van der Waals surface area contributed by atoms with Gasteiger partial charge < -0.3 is 9.64 Å². The van der Waals surface area contributed by atoms with E-state index < -0.39 is 45.4 Å². The number of ether oxygens (including phenoxy) is 1. The first-order valence-corrected chi connectivity index (χ1v) is 12.2. The quantitative estimate of drug-likeness (QED) is 0.321. The van der Waals surface area contributed by atoms with E-state index in [2.05, 4.69) is 0 Å². The van der Waals surface area contributed by atoms with Crippen molar-refractivity contribution in [3.63, 3.8) is 0 Å². The average Bonchev–Trinajstić information content (AvgIpc) is 2.82. The first kappa shape index (κ1) is 27.1. The standard InChI is InChI=1S/C22H25F5N2O5S/c1-29-14-15(8-9-21(23,24)22(25,26)27)2-7-18(29)16-3-5-17(6-4-16)35(32,33)20(19(30)28-31)10-12-34-13-11-20/h2-7,31H,8-14H2,1H3,(H,28,30). The number of sulfone groups is 1. The number of alkyl halides is 5. The number of nitrogens with zero attached hydrogens (tertiary/aromatic N) is 1. The predicted molar refractivity (Wildman–Crippen MR) is 115 cm³/mol. The average molecular weight is 525 g/mol. The number of benzene rings is 1. The molecule has 1 saturated heterocycles. The number of hydrogen-bond acceptors (Lipinski definition) is 6. The molecule has 1 aromatic rings. The Hall–Kier alpha value is -2.51. The van der Waals surface area contributed by atoms with Crippen LogP contribution >= 0.6 is 0 Å². The molecule has 2 N–H and O–H groups in total. The fourth-order valence-corrected chi connectivity index (χ4v) is 6.10. The third-order valence-corrected chi connectivity index (χ3v) is 8.81. The monoisotopic (exact) mass is 524 g/mol. The second kappa shape index (κ2) is 9.86. The maximum atomic E-state index is 13.3. The topological polar surface area (TPSA) is 95.9 Å². The fourth-order valence-electron chi connectivity index (χ4n) is 4.16. The Labute approximate surface area is 199 Å². The van der Waals surface area contributed by atoms with Gasteiger partial charge in [-0.2, -0.15) is 22.0 Å². The Morgan fingerprint density at radius 3 is 2.23 bits per heavy atom. The van der Waals surface area contributed by atoms with Crippen molar-refractivity contribution < 1.29 is 45.1 Å². The Balaban J connectivity index is 1.81. The van der Waals surface area contributed by atoms with Crippen LogP contribution < -0.4 is 5.48 Å². The molecule has 1 amide bonds. The Bertz CT molecular complexity index is 1110. The number of carbonyl (C=O) groups is 1. The minimum absolute atomic E-state index is 0.0337. The van der Waals surface area contributed by atoms with Gasteiger partial charge in [-0.05, 0) is 43.0 Å². The number of carbonyl (C=O) groups excluding carboxylic acids is 1. The summed E-state index contributed by atoms with van der Waals surface area (Å²) in [6.45, 7) is 0.192. The summed E-state index contributed by atoms with van der Waals surface area (Å²) in [6, 6.07) is 5.67. The van der Waals surface area contributed by atoms with E-state index >= 15 is 0 Å². The molecule has 1 fully saturated rings. The fraction of sp³-hybridized carbons (Fsp3) is 0.500. The normalized spacial score (nSPS) is 19.1. The van der Waals surface area contributed by atoms with Gasteiger partial charge in [0.25, 0.3) is 5.91 Å². The van der Waals surface area contributed by atoms with Crippen molar-refractivity contribution >= 4 is 21.4 Å². The lowest BCUT2D eigenvalue weighted by Crippen LogP contribution is -2.54. The molecule has 0 bridgehead atoms. The highest BCUT2D eigenvalue weighted by molar-refractivity contribution is 7.93. The molecule has 0 saturated carbocycles. The molecule has 0 aliphatic carbocycles. The van der Waals surface area contributed by atoms with E-state index in [9.17, 15) is 35.2 Å². The Morgan fingerprint density at radius 1 is 1.11 bits per heavy atom. The molecule has 0 radical (unpaired) electrons. The molecule has 0 unspecified atom stereocenters. The number of likely N-dealkylation sites (N-methyl/N-ethyl adjacent to an activating group) is 1. The van der Waals surface area contributed by atoms with Crippen LogP contribution in [0.5, 0.6) is 0 Å². The molecule has 3 rings (SSSR count). The molecule has 1 aromatic carbocycles. The van der Waals surface area contributed by atoms with Crippen molar-refractivity contribution in [2.75, 3.05) is 26.8 Å². The minimum Gasteiger partial charge on any atom is -0.381 e. The number of allylic oxidation sites excluding steroid dienone is 2. The van der Waals surface area contributed by atoms with Crippen molar-refractivity contribution in [1.82, 2.24) is 10.4 Å².